The first-order valence-corrected chi connectivity index (χ1v) is 8.99. The number of nitrogens with zero attached hydrogens (tertiary/aromatic N) is 3. The van der Waals surface area contributed by atoms with Crippen LogP contribution in [0.15, 0.2) is 54.6 Å². The highest BCUT2D eigenvalue weighted by molar-refractivity contribution is 6.31. The van der Waals surface area contributed by atoms with E-state index in [4.69, 9.17) is 23.2 Å². The molecule has 4 aromatic rings. The van der Waals surface area contributed by atoms with Crippen molar-refractivity contribution in [1.82, 2.24) is 14.8 Å². The van der Waals surface area contributed by atoms with Crippen molar-refractivity contribution < 1.29 is 13.2 Å². The van der Waals surface area contributed by atoms with E-state index >= 15 is 0 Å². The van der Waals surface area contributed by atoms with Crippen LogP contribution >= 0.6 is 23.2 Å². The summed E-state index contributed by atoms with van der Waals surface area (Å²) < 4.78 is 42.9. The second-order valence-electron chi connectivity index (χ2n) is 6.25. The maximum Gasteiger partial charge on any atom is 0.417 e. The van der Waals surface area contributed by atoms with Gasteiger partial charge in [0.05, 0.1) is 16.6 Å². The molecule has 142 valence electrons. The van der Waals surface area contributed by atoms with Crippen molar-refractivity contribution in [3.63, 3.8) is 0 Å². The van der Waals surface area contributed by atoms with Gasteiger partial charge in [-0.15, -0.1) is 0 Å². The Bertz CT molecular complexity index is 1180. The molecule has 0 saturated heterocycles. The molecule has 2 aromatic carbocycles. The van der Waals surface area contributed by atoms with Gasteiger partial charge in [-0.25, -0.2) is 9.67 Å². The summed E-state index contributed by atoms with van der Waals surface area (Å²) in [6, 6.07) is 14.2. The molecule has 0 saturated carbocycles. The van der Waals surface area contributed by atoms with Crippen LogP contribution in [0.2, 0.25) is 10.0 Å². The molecule has 0 unspecified atom stereocenters. The zero-order valence-corrected chi connectivity index (χ0v) is 15.9. The van der Waals surface area contributed by atoms with Gasteiger partial charge in [0.15, 0.2) is 5.65 Å². The Kier molecular flexibility index (Phi) is 4.56. The van der Waals surface area contributed by atoms with Crippen molar-refractivity contribution in [2.24, 2.45) is 0 Å². The van der Waals surface area contributed by atoms with Gasteiger partial charge in [-0.05, 0) is 43.3 Å². The molecule has 3 nitrogen and oxygen atoms in total. The molecule has 0 aliphatic carbocycles. The van der Waals surface area contributed by atoms with Crippen molar-refractivity contribution in [3.05, 3.63) is 75.9 Å². The van der Waals surface area contributed by atoms with E-state index in [-0.39, 0.29) is 22.4 Å². The molecule has 2 heterocycles. The first kappa shape index (κ1) is 18.8. The van der Waals surface area contributed by atoms with Crippen LogP contribution in [-0.4, -0.2) is 14.8 Å². The lowest BCUT2D eigenvalue weighted by Crippen LogP contribution is -2.08. The van der Waals surface area contributed by atoms with Gasteiger partial charge in [0, 0.05) is 21.3 Å². The summed E-state index contributed by atoms with van der Waals surface area (Å²) in [7, 11) is 0. The molecular weight excluding hydrogens is 410 g/mol. The summed E-state index contributed by atoms with van der Waals surface area (Å²) in [5, 5.41) is 5.32. The number of hydrogen-bond donors (Lipinski definition) is 0. The first-order valence-electron chi connectivity index (χ1n) is 8.23. The molecule has 0 bridgehead atoms. The highest BCUT2D eigenvalue weighted by atomic mass is 35.5. The van der Waals surface area contributed by atoms with Crippen LogP contribution in [-0.2, 0) is 6.18 Å². The quantitative estimate of drug-likeness (QED) is 0.359. The fourth-order valence-corrected chi connectivity index (χ4v) is 3.37. The van der Waals surface area contributed by atoms with Crippen molar-refractivity contribution in [1.29, 1.82) is 0 Å². The van der Waals surface area contributed by atoms with Gasteiger partial charge in [0.25, 0.3) is 0 Å². The molecule has 0 atom stereocenters. The monoisotopic (exact) mass is 421 g/mol. The molecule has 4 rings (SSSR count). The van der Waals surface area contributed by atoms with Crippen LogP contribution in [0.3, 0.4) is 0 Å². The zero-order valence-electron chi connectivity index (χ0n) is 14.4. The number of hydrogen-bond acceptors (Lipinski definition) is 2. The Morgan fingerprint density at radius 3 is 2.29 bits per heavy atom. The number of benzene rings is 2. The molecule has 8 heteroatoms. The lowest BCUT2D eigenvalue weighted by molar-refractivity contribution is -0.136. The van der Waals surface area contributed by atoms with Crippen LogP contribution in [0.25, 0.3) is 28.0 Å². The third kappa shape index (κ3) is 3.34. The van der Waals surface area contributed by atoms with Crippen LogP contribution in [0.5, 0.6) is 0 Å². The summed E-state index contributed by atoms with van der Waals surface area (Å²) in [4.78, 5) is 4.35. The second kappa shape index (κ2) is 6.79. The van der Waals surface area contributed by atoms with Crippen LogP contribution in [0, 0.1) is 6.92 Å². The summed E-state index contributed by atoms with van der Waals surface area (Å²) in [5.41, 5.74) is 0.764. The Morgan fingerprint density at radius 2 is 1.64 bits per heavy atom. The number of aromatic nitrogens is 3. The number of aryl methyl sites for hydroxylation is 1. The van der Waals surface area contributed by atoms with Crippen LogP contribution < -0.4 is 0 Å². The third-order valence-electron chi connectivity index (χ3n) is 4.24. The number of halogens is 5. The van der Waals surface area contributed by atoms with Gasteiger partial charge < -0.3 is 0 Å². The van der Waals surface area contributed by atoms with Crippen molar-refractivity contribution in [3.8, 4) is 16.9 Å². The number of fused-ring (bicyclic) bond motifs is 1. The average molecular weight is 422 g/mol. The Labute approximate surface area is 168 Å². The lowest BCUT2D eigenvalue weighted by atomic mass is 10.0. The van der Waals surface area contributed by atoms with Crippen molar-refractivity contribution >= 4 is 34.2 Å². The Balaban J connectivity index is 2.12. The molecule has 0 spiro atoms. The fraction of sp³-hybridized carbons (Fsp3) is 0.100. The van der Waals surface area contributed by atoms with E-state index in [1.807, 2.05) is 0 Å². The smallest absolute Gasteiger partial charge is 0.233 e. The third-order valence-corrected chi connectivity index (χ3v) is 4.73. The van der Waals surface area contributed by atoms with E-state index in [1.165, 1.54) is 11.6 Å². The predicted octanol–water partition coefficient (Wildman–Crippen LogP) is 6.72. The average Bonchev–Trinajstić information content (AvgIpc) is 3.00. The van der Waals surface area contributed by atoms with Gasteiger partial charge >= 0.3 is 6.18 Å². The van der Waals surface area contributed by atoms with E-state index in [9.17, 15) is 13.2 Å². The minimum absolute atomic E-state index is 0.0691. The summed E-state index contributed by atoms with van der Waals surface area (Å²) in [5.74, 6) is 0. The summed E-state index contributed by atoms with van der Waals surface area (Å²) >= 11 is 12.0. The van der Waals surface area contributed by atoms with Crippen LogP contribution in [0.1, 0.15) is 11.3 Å². The normalized spacial score (nSPS) is 11.9. The number of alkyl halides is 3. The van der Waals surface area contributed by atoms with Gasteiger partial charge in [0.1, 0.15) is 5.69 Å². The van der Waals surface area contributed by atoms with E-state index in [0.29, 0.717) is 21.3 Å². The van der Waals surface area contributed by atoms with Crippen molar-refractivity contribution in [2.75, 3.05) is 0 Å². The molecule has 28 heavy (non-hydrogen) atoms. The van der Waals surface area contributed by atoms with Gasteiger partial charge in [0.2, 0.25) is 0 Å². The fourth-order valence-electron chi connectivity index (χ4n) is 3.06. The van der Waals surface area contributed by atoms with E-state index in [0.717, 1.165) is 6.07 Å². The second-order valence-corrected chi connectivity index (χ2v) is 7.13. The molecule has 0 aliphatic rings. The molecule has 0 N–H and O–H groups in total. The molecule has 2 aromatic heterocycles. The highest BCUT2D eigenvalue weighted by Crippen LogP contribution is 2.40. The maximum atomic E-state index is 13.8. The molecule has 0 aliphatic heterocycles. The predicted molar refractivity (Wildman–Crippen MR) is 104 cm³/mol. The lowest BCUT2D eigenvalue weighted by Gasteiger charge is -2.10. The van der Waals surface area contributed by atoms with Crippen LogP contribution in [0.4, 0.5) is 13.2 Å². The zero-order chi connectivity index (χ0) is 20.1. The highest BCUT2D eigenvalue weighted by Gasteiger charge is 2.36. The summed E-state index contributed by atoms with van der Waals surface area (Å²) in [6.07, 6.45) is -4.56. The largest absolute Gasteiger partial charge is 0.417 e. The molecule has 0 amide bonds. The Hall–Kier alpha value is -2.57. The molecular formula is C20H12Cl2F3N3. The Morgan fingerprint density at radius 1 is 0.929 bits per heavy atom. The minimum atomic E-state index is -4.56. The maximum absolute atomic E-state index is 13.8. The van der Waals surface area contributed by atoms with E-state index < -0.39 is 11.7 Å². The SMILES string of the molecule is Cc1cc(C(F)(F)F)c2c(-c3ccc(Cl)cc3)nn(-c3cccc(Cl)c3)c2n1. The summed E-state index contributed by atoms with van der Waals surface area (Å²) in [6.45, 7) is 1.52. The van der Waals surface area contributed by atoms with E-state index in [2.05, 4.69) is 10.1 Å². The number of rotatable bonds is 2. The topological polar surface area (TPSA) is 30.7 Å². The minimum Gasteiger partial charge on any atom is -0.233 e. The van der Waals surface area contributed by atoms with Gasteiger partial charge in [-0.3, -0.25) is 0 Å². The van der Waals surface area contributed by atoms with Gasteiger partial charge in [-0.2, -0.15) is 18.3 Å². The molecule has 0 fully saturated rings. The first-order chi connectivity index (χ1) is 13.2. The standard InChI is InChI=1S/C20H12Cl2F3N3/c1-11-9-16(20(23,24)25)17-18(12-5-7-13(21)8-6-12)27-28(19(17)26-11)15-4-2-3-14(22)10-15/h2-10H,1H3. The molecule has 0 radical (unpaired) electrons. The van der Waals surface area contributed by atoms with E-state index in [1.54, 1.807) is 48.5 Å². The number of pyridine rings is 1. The van der Waals surface area contributed by atoms with Crippen molar-refractivity contribution in [2.45, 2.75) is 13.1 Å². The van der Waals surface area contributed by atoms with Gasteiger partial charge in [-0.1, -0.05) is 41.4 Å².